The minimum absolute atomic E-state index is 0.0396. The highest BCUT2D eigenvalue weighted by atomic mass is 31.2. The molecule has 0 amide bonds. The normalized spacial score (nSPS) is 13.9. The van der Waals surface area contributed by atoms with E-state index < -0.39 is 26.5 Å². The van der Waals surface area contributed by atoms with Crippen molar-refractivity contribution in [1.82, 2.24) is 0 Å². The summed E-state index contributed by atoms with van der Waals surface area (Å²) in [5.74, 6) is -0.844. The van der Waals surface area contributed by atoms with E-state index in [9.17, 15) is 19.0 Å². The maximum absolute atomic E-state index is 12.9. The molecule has 0 saturated carbocycles. The number of nitrogens with zero attached hydrogens (tertiary/aromatic N) is 1. The Bertz CT molecular complexity index is 2340. The number of unbranched alkanes of at least 4 members (excludes halogenated alkanes) is 34. The second-order valence-electron chi connectivity index (χ2n) is 28.8. The van der Waals surface area contributed by atoms with E-state index in [0.29, 0.717) is 17.4 Å². The van der Waals surface area contributed by atoms with Gasteiger partial charge in [0.15, 0.2) is 6.10 Å². The SMILES string of the molecule is CC/C=C\C/C=C\C/C=C\C/C=C\C/C=C\C/C=C\C/C=C\C/C=C\C/C=C\C/C=C\C/C=C\CCCCCCCCCC(=O)OC(COC(=O)CCCCCCCCCCCCCCCCCCCCCCCC/C=C\C/C=C\C/C=C\CCCCCCC)COP(=O)([O-])OCC[N+](C)(C)C. The Morgan fingerprint density at radius 2 is 0.559 bits per heavy atom. The van der Waals surface area contributed by atoms with Gasteiger partial charge in [0.1, 0.15) is 19.8 Å². The monoisotopic (exact) mass is 1430 g/mol. The summed E-state index contributed by atoms with van der Waals surface area (Å²) < 4.78 is 34.4. The molecule has 0 N–H and O–H groups in total. The number of phosphoric ester groups is 1. The Morgan fingerprint density at radius 1 is 0.314 bits per heavy atom. The van der Waals surface area contributed by atoms with Crippen molar-refractivity contribution in [3.05, 3.63) is 170 Å². The molecule has 0 saturated heterocycles. The van der Waals surface area contributed by atoms with Crippen LogP contribution in [0.2, 0.25) is 0 Å². The van der Waals surface area contributed by atoms with Crippen LogP contribution in [0.4, 0.5) is 0 Å². The zero-order valence-corrected chi connectivity index (χ0v) is 67.4. The van der Waals surface area contributed by atoms with Crippen molar-refractivity contribution in [3.63, 3.8) is 0 Å². The molecule has 0 bridgehead atoms. The van der Waals surface area contributed by atoms with Gasteiger partial charge in [-0.3, -0.25) is 14.2 Å². The number of ether oxygens (including phenoxy) is 2. The third kappa shape index (κ3) is 84.3. The smallest absolute Gasteiger partial charge is 0.306 e. The largest absolute Gasteiger partial charge is 0.756 e. The Labute approximate surface area is 629 Å². The van der Waals surface area contributed by atoms with Crippen LogP contribution in [-0.4, -0.2) is 70.0 Å². The number of likely N-dealkylation sites (N-methyl/N-ethyl adjacent to an activating group) is 1. The number of esters is 2. The second kappa shape index (κ2) is 80.5. The first-order chi connectivity index (χ1) is 50.0. The molecule has 0 aliphatic rings. The van der Waals surface area contributed by atoms with Crippen LogP contribution in [0.15, 0.2) is 170 Å². The maximum atomic E-state index is 12.9. The van der Waals surface area contributed by atoms with E-state index in [2.05, 4.69) is 184 Å². The average molecular weight is 1440 g/mol. The Hall–Kier alpha value is -4.63. The van der Waals surface area contributed by atoms with Crippen LogP contribution in [0.5, 0.6) is 0 Å². The maximum Gasteiger partial charge on any atom is 0.306 e. The number of allylic oxidation sites excluding steroid dienone is 28. The van der Waals surface area contributed by atoms with Crippen LogP contribution in [0.1, 0.15) is 348 Å². The molecule has 9 nitrogen and oxygen atoms in total. The molecule has 582 valence electrons. The van der Waals surface area contributed by atoms with Gasteiger partial charge in [0.25, 0.3) is 7.82 Å². The van der Waals surface area contributed by atoms with Gasteiger partial charge in [0.05, 0.1) is 27.7 Å². The average Bonchev–Trinajstić information content (AvgIpc) is 0.916. The van der Waals surface area contributed by atoms with Crippen LogP contribution < -0.4 is 4.89 Å². The van der Waals surface area contributed by atoms with Crippen molar-refractivity contribution >= 4 is 19.8 Å². The molecule has 102 heavy (non-hydrogen) atoms. The van der Waals surface area contributed by atoms with Crippen molar-refractivity contribution in [2.75, 3.05) is 47.5 Å². The van der Waals surface area contributed by atoms with Gasteiger partial charge in [-0.25, -0.2) is 0 Å². The molecule has 0 rings (SSSR count). The van der Waals surface area contributed by atoms with Gasteiger partial charge in [-0.05, 0) is 135 Å². The Kier molecular flexibility index (Phi) is 76.8. The molecule has 0 aromatic carbocycles. The number of hydrogen-bond donors (Lipinski definition) is 0. The lowest BCUT2D eigenvalue weighted by atomic mass is 10.0. The van der Waals surface area contributed by atoms with E-state index in [1.807, 2.05) is 21.1 Å². The Morgan fingerprint density at radius 3 is 0.833 bits per heavy atom. The van der Waals surface area contributed by atoms with Crippen LogP contribution in [-0.2, 0) is 32.7 Å². The fourth-order valence-corrected chi connectivity index (χ4v) is 12.1. The van der Waals surface area contributed by atoms with E-state index in [0.717, 1.165) is 135 Å². The molecule has 0 heterocycles. The van der Waals surface area contributed by atoms with Gasteiger partial charge in [-0.1, -0.05) is 370 Å². The zero-order valence-electron chi connectivity index (χ0n) is 66.5. The lowest BCUT2D eigenvalue weighted by Gasteiger charge is -2.28. The van der Waals surface area contributed by atoms with Gasteiger partial charge >= 0.3 is 11.9 Å². The van der Waals surface area contributed by atoms with Gasteiger partial charge in [0, 0.05) is 12.8 Å². The third-order valence-electron chi connectivity index (χ3n) is 17.7. The summed E-state index contributed by atoms with van der Waals surface area (Å²) >= 11 is 0. The fraction of sp³-hybridized carbons (Fsp3) is 0.674. The molecule has 10 heteroatoms. The molecule has 0 fully saturated rings. The van der Waals surface area contributed by atoms with Crippen LogP contribution in [0.3, 0.4) is 0 Å². The summed E-state index contributed by atoms with van der Waals surface area (Å²) in [6, 6.07) is 0. The molecular weight excluding hydrogens is 1280 g/mol. The number of rotatable bonds is 76. The summed E-state index contributed by atoms with van der Waals surface area (Å²) in [7, 11) is 1.15. The molecule has 0 aromatic heterocycles. The van der Waals surface area contributed by atoms with Crippen molar-refractivity contribution in [3.8, 4) is 0 Å². The van der Waals surface area contributed by atoms with Crippen molar-refractivity contribution in [2.45, 2.75) is 354 Å². The molecule has 0 radical (unpaired) electrons. The van der Waals surface area contributed by atoms with E-state index in [4.69, 9.17) is 18.5 Å². The molecule has 0 aliphatic carbocycles. The van der Waals surface area contributed by atoms with Gasteiger partial charge in [0.2, 0.25) is 0 Å². The van der Waals surface area contributed by atoms with Crippen molar-refractivity contribution in [1.29, 1.82) is 0 Å². The lowest BCUT2D eigenvalue weighted by molar-refractivity contribution is -0.870. The Balaban J connectivity index is 4.03. The van der Waals surface area contributed by atoms with Crippen LogP contribution in [0.25, 0.3) is 0 Å². The van der Waals surface area contributed by atoms with E-state index in [-0.39, 0.29) is 32.0 Å². The summed E-state index contributed by atoms with van der Waals surface area (Å²) in [6.45, 7) is 4.12. The van der Waals surface area contributed by atoms with E-state index in [1.54, 1.807) is 0 Å². The van der Waals surface area contributed by atoms with E-state index in [1.165, 1.54) is 180 Å². The minimum atomic E-state index is -4.66. The van der Waals surface area contributed by atoms with Crippen LogP contribution >= 0.6 is 7.82 Å². The minimum Gasteiger partial charge on any atom is -0.756 e. The number of carbonyl (C=O) groups excluding carboxylic acids is 2. The first-order valence-corrected chi connectivity index (χ1v) is 43.3. The van der Waals surface area contributed by atoms with Crippen molar-refractivity contribution < 1.29 is 42.1 Å². The quantitative estimate of drug-likeness (QED) is 0.0195. The molecule has 2 atom stereocenters. The number of phosphoric acid groups is 1. The lowest BCUT2D eigenvalue weighted by Crippen LogP contribution is -2.37. The molecule has 0 spiro atoms. The zero-order chi connectivity index (χ0) is 74.0. The first kappa shape index (κ1) is 97.4. The summed E-state index contributed by atoms with van der Waals surface area (Å²) in [5, 5.41) is 0. The molecule has 0 aromatic rings. The third-order valence-corrected chi connectivity index (χ3v) is 18.7. The van der Waals surface area contributed by atoms with Crippen molar-refractivity contribution in [2.24, 2.45) is 0 Å². The van der Waals surface area contributed by atoms with Gasteiger partial charge < -0.3 is 27.9 Å². The van der Waals surface area contributed by atoms with Gasteiger partial charge in [-0.15, -0.1) is 0 Å². The molecule has 2 unspecified atom stereocenters. The second-order valence-corrected chi connectivity index (χ2v) is 30.2. The van der Waals surface area contributed by atoms with Crippen LogP contribution in [0, 0.1) is 0 Å². The summed E-state index contributed by atoms with van der Waals surface area (Å²) in [6.07, 6.45) is 122. The van der Waals surface area contributed by atoms with Gasteiger partial charge in [-0.2, -0.15) is 0 Å². The fourth-order valence-electron chi connectivity index (χ4n) is 11.4. The number of carbonyl (C=O) groups is 2. The predicted octanol–water partition coefficient (Wildman–Crippen LogP) is 27.8. The molecular formula is C92H156NO8P. The highest BCUT2D eigenvalue weighted by Crippen LogP contribution is 2.38. The number of quaternary nitrogens is 1. The predicted molar refractivity (Wildman–Crippen MR) is 443 cm³/mol. The summed E-state index contributed by atoms with van der Waals surface area (Å²) in [5.41, 5.74) is 0. The summed E-state index contributed by atoms with van der Waals surface area (Å²) in [4.78, 5) is 38.2. The standard InChI is InChI=1S/C92H156NO8P/c1-6-8-10-12-14-16-18-20-22-24-26-28-30-32-34-36-38-40-42-44-45-46-47-49-51-53-55-57-59-61-63-65-67-69-71-73-75-77-79-81-83-85-92(95)101-90(89-100-102(96,97)99-87-86-93(3,4)5)88-98-91(94)84-82-80-78-76-74-72-70-68-66-64-62-60-58-56-54-52-50-48-43-41-39-37-35-33-31-29-27-25-23-21-19-17-15-13-11-9-7-2/h8,10,14,16,19-22,25-28,31-34,38,40,44-45,47,49,53,55,59,61,65,67,90H,6-7,9,11-13,15,17-18,23-24,29-30,35-37,39,41-43,46,48,50-52,54,56-58,60,62-64,66,68-89H2,1-5H3/b10-8-,16-14-,21-19-,22-20-,27-25-,28-26-,33-31-,34-32-,40-38-,45-44-,49-47-,55-53-,61-59-,67-65-. The topological polar surface area (TPSA) is 111 Å². The van der Waals surface area contributed by atoms with E-state index >= 15 is 0 Å². The number of hydrogen-bond acceptors (Lipinski definition) is 8. The molecule has 0 aliphatic heterocycles. The highest BCUT2D eigenvalue weighted by molar-refractivity contribution is 7.45. The first-order valence-electron chi connectivity index (χ1n) is 41.8. The highest BCUT2D eigenvalue weighted by Gasteiger charge is 2.22.